The summed E-state index contributed by atoms with van der Waals surface area (Å²) in [4.78, 5) is 21.1. The topological polar surface area (TPSA) is 92.4 Å². The number of allylic oxidation sites excluding steroid dienone is 6. The molecule has 0 aromatic heterocycles. The number of nitrogens with one attached hydrogen (secondary N) is 1. The zero-order chi connectivity index (χ0) is 21.8. The zero-order valence-corrected chi connectivity index (χ0v) is 18.5. The van der Waals surface area contributed by atoms with E-state index in [4.69, 9.17) is 5.11 Å². The van der Waals surface area contributed by atoms with Crippen molar-refractivity contribution in [2.45, 2.75) is 67.2 Å². The molecule has 156 valence electrons. The van der Waals surface area contributed by atoms with Crippen LogP contribution in [0.5, 0.6) is 0 Å². The lowest BCUT2D eigenvalue weighted by atomic mass is 10.1. The number of rotatable bonds is 8. The summed E-state index contributed by atoms with van der Waals surface area (Å²) in [6.07, 6.45) is 10.9. The van der Waals surface area contributed by atoms with Crippen molar-refractivity contribution in [1.29, 1.82) is 0 Å². The molecule has 0 spiro atoms. The molecular formula is C22H40N2O3. The summed E-state index contributed by atoms with van der Waals surface area (Å²) in [6.45, 7) is 12.1. The second-order valence-corrected chi connectivity index (χ2v) is 6.57. The van der Waals surface area contributed by atoms with Crippen LogP contribution in [-0.4, -0.2) is 31.1 Å². The fourth-order valence-corrected chi connectivity index (χ4v) is 1.83. The van der Waals surface area contributed by atoms with Gasteiger partial charge in [0.25, 0.3) is 0 Å². The van der Waals surface area contributed by atoms with Gasteiger partial charge in [0.1, 0.15) is 0 Å². The first-order valence-electron chi connectivity index (χ1n) is 9.21. The molecule has 4 N–H and O–H groups in total. The van der Waals surface area contributed by atoms with E-state index in [1.807, 2.05) is 27.7 Å². The molecule has 0 aliphatic heterocycles. The van der Waals surface area contributed by atoms with Gasteiger partial charge in [0.05, 0.1) is 0 Å². The lowest BCUT2D eigenvalue weighted by Crippen LogP contribution is -2.14. The Morgan fingerprint density at radius 1 is 0.815 bits per heavy atom. The fourth-order valence-electron chi connectivity index (χ4n) is 1.83. The number of carboxylic acids is 1. The monoisotopic (exact) mass is 380 g/mol. The minimum atomic E-state index is -0.857. The second-order valence-electron chi connectivity index (χ2n) is 6.57. The van der Waals surface area contributed by atoms with E-state index in [2.05, 4.69) is 37.0 Å². The van der Waals surface area contributed by atoms with Crippen molar-refractivity contribution in [2.24, 2.45) is 5.73 Å². The summed E-state index contributed by atoms with van der Waals surface area (Å²) in [5.41, 5.74) is 9.14. The Morgan fingerprint density at radius 3 is 1.48 bits per heavy atom. The number of amides is 1. The average Bonchev–Trinajstić information content (AvgIpc) is 2.55. The van der Waals surface area contributed by atoms with Crippen molar-refractivity contribution in [2.75, 3.05) is 14.1 Å². The van der Waals surface area contributed by atoms with Crippen LogP contribution in [0.3, 0.4) is 0 Å². The van der Waals surface area contributed by atoms with Crippen LogP contribution < -0.4 is 11.1 Å². The van der Waals surface area contributed by atoms with Gasteiger partial charge in [0.2, 0.25) is 5.91 Å². The molecule has 0 aliphatic carbocycles. The molecule has 0 saturated heterocycles. The number of hydrogen-bond donors (Lipinski definition) is 3. The van der Waals surface area contributed by atoms with Gasteiger partial charge in [-0.3, -0.25) is 4.79 Å². The first kappa shape index (κ1) is 29.6. The van der Waals surface area contributed by atoms with Crippen LogP contribution in [0.1, 0.15) is 67.2 Å². The van der Waals surface area contributed by atoms with E-state index in [0.717, 1.165) is 36.8 Å². The van der Waals surface area contributed by atoms with E-state index in [0.29, 0.717) is 0 Å². The van der Waals surface area contributed by atoms with Crippen molar-refractivity contribution in [3.05, 3.63) is 46.6 Å². The number of carboxylic acid groups (broad SMARTS) is 1. The highest BCUT2D eigenvalue weighted by atomic mass is 16.4. The maximum atomic E-state index is 10.9. The van der Waals surface area contributed by atoms with Crippen LogP contribution in [0.25, 0.3) is 0 Å². The Morgan fingerprint density at radius 2 is 1.19 bits per heavy atom. The molecule has 0 aliphatic rings. The normalized spacial score (nSPS) is 10.4. The molecule has 0 atom stereocenters. The summed E-state index contributed by atoms with van der Waals surface area (Å²) in [6, 6.07) is 0. The van der Waals surface area contributed by atoms with Gasteiger partial charge in [0.15, 0.2) is 0 Å². The van der Waals surface area contributed by atoms with Crippen molar-refractivity contribution < 1.29 is 14.7 Å². The highest BCUT2D eigenvalue weighted by molar-refractivity contribution is 5.87. The maximum Gasteiger partial charge on any atom is 0.328 e. The van der Waals surface area contributed by atoms with Crippen LogP contribution in [0.4, 0.5) is 0 Å². The highest BCUT2D eigenvalue weighted by Crippen LogP contribution is 2.06. The Labute approximate surface area is 166 Å². The summed E-state index contributed by atoms with van der Waals surface area (Å²) in [7, 11) is 3.14. The van der Waals surface area contributed by atoms with Crippen molar-refractivity contribution in [3.8, 4) is 0 Å². The third-order valence-corrected chi connectivity index (χ3v) is 3.18. The molecule has 27 heavy (non-hydrogen) atoms. The molecule has 0 unspecified atom stereocenters. The summed E-state index contributed by atoms with van der Waals surface area (Å²) < 4.78 is 0. The highest BCUT2D eigenvalue weighted by Gasteiger charge is 1.94. The Bertz CT molecular complexity index is 534. The molecule has 0 bridgehead atoms. The first-order valence-corrected chi connectivity index (χ1v) is 9.21. The average molecular weight is 381 g/mol. The van der Waals surface area contributed by atoms with E-state index in [-0.39, 0.29) is 5.91 Å². The minimum Gasteiger partial charge on any atom is -0.478 e. The minimum absolute atomic E-state index is 0.0188. The third kappa shape index (κ3) is 28.9. The lowest BCUT2D eigenvalue weighted by molar-refractivity contribution is -0.131. The number of aliphatic carboxylic acids is 1. The van der Waals surface area contributed by atoms with Crippen molar-refractivity contribution in [1.82, 2.24) is 5.32 Å². The van der Waals surface area contributed by atoms with Crippen LogP contribution in [-0.2, 0) is 9.59 Å². The fraction of sp³-hybridized carbons (Fsp3) is 0.545. The molecule has 5 heteroatoms. The Balaban J connectivity index is -0.000000391. The number of nitrogens with two attached hydrogens (primary N) is 1. The van der Waals surface area contributed by atoms with Crippen LogP contribution in [0.15, 0.2) is 46.6 Å². The van der Waals surface area contributed by atoms with Gasteiger partial charge in [-0.15, -0.1) is 0 Å². The van der Waals surface area contributed by atoms with Gasteiger partial charge in [-0.1, -0.05) is 34.4 Å². The smallest absolute Gasteiger partial charge is 0.328 e. The molecule has 1 amide bonds. The SMILES string of the molecule is CC(C)=CCCC(C)=CC(=O)O.CN.CNC(=O)C=C(C)CCC=C(C)C. The molecule has 0 aromatic carbocycles. The van der Waals surface area contributed by atoms with Gasteiger partial charge in [-0.25, -0.2) is 4.79 Å². The predicted molar refractivity (Wildman–Crippen MR) is 117 cm³/mol. The molecule has 0 aromatic rings. The molecule has 0 saturated carbocycles. The zero-order valence-electron chi connectivity index (χ0n) is 18.5. The first-order chi connectivity index (χ1) is 12.6. The third-order valence-electron chi connectivity index (χ3n) is 3.18. The number of carbonyl (C=O) groups excluding carboxylic acids is 1. The van der Waals surface area contributed by atoms with Gasteiger partial charge < -0.3 is 16.2 Å². The summed E-state index contributed by atoms with van der Waals surface area (Å²) >= 11 is 0. The largest absolute Gasteiger partial charge is 0.478 e. The van der Waals surface area contributed by atoms with Crippen LogP contribution in [0, 0.1) is 0 Å². The van der Waals surface area contributed by atoms with Crippen LogP contribution >= 0.6 is 0 Å². The molecule has 0 rings (SSSR count). The Kier molecular flexibility index (Phi) is 22.1. The molecule has 5 nitrogen and oxygen atoms in total. The summed E-state index contributed by atoms with van der Waals surface area (Å²) in [5.74, 6) is -0.876. The van der Waals surface area contributed by atoms with Crippen LogP contribution in [0.2, 0.25) is 0 Å². The van der Waals surface area contributed by atoms with Crippen molar-refractivity contribution in [3.63, 3.8) is 0 Å². The van der Waals surface area contributed by atoms with Gasteiger partial charge >= 0.3 is 5.97 Å². The van der Waals surface area contributed by atoms with Gasteiger partial charge in [-0.05, 0) is 74.3 Å². The maximum absolute atomic E-state index is 10.9. The van der Waals surface area contributed by atoms with E-state index in [1.54, 1.807) is 13.1 Å². The Hall–Kier alpha value is -2.14. The number of likely N-dealkylation sites (N-methyl/N-ethyl adjacent to an activating group) is 1. The predicted octanol–water partition coefficient (Wildman–Crippen LogP) is 4.76. The second kappa shape index (κ2) is 20.2. The number of hydrogen-bond acceptors (Lipinski definition) is 3. The van der Waals surface area contributed by atoms with E-state index in [9.17, 15) is 9.59 Å². The number of carbonyl (C=O) groups is 2. The molecule has 0 radical (unpaired) electrons. The summed E-state index contributed by atoms with van der Waals surface area (Å²) in [5, 5.41) is 11.0. The van der Waals surface area contributed by atoms with E-state index in [1.165, 1.54) is 24.3 Å². The molecular weight excluding hydrogens is 340 g/mol. The van der Waals surface area contributed by atoms with E-state index < -0.39 is 5.97 Å². The quantitative estimate of drug-likeness (QED) is 0.418. The molecule has 0 fully saturated rings. The standard InChI is InChI=1S/C11H19NO.C10H16O2.CH5N/c1-9(2)6-5-7-10(3)8-11(13)12-4;1-8(2)5-4-6-9(3)7-10(11)12;1-2/h6,8H,5,7H2,1-4H3,(H,12,13);5,7H,4,6H2,1-3H3,(H,11,12);2H2,1H3. The lowest BCUT2D eigenvalue weighted by Gasteiger charge is -1.98. The molecule has 0 heterocycles. The van der Waals surface area contributed by atoms with E-state index >= 15 is 0 Å². The van der Waals surface area contributed by atoms with Gasteiger partial charge in [-0.2, -0.15) is 0 Å². The van der Waals surface area contributed by atoms with Gasteiger partial charge in [0, 0.05) is 19.2 Å². The van der Waals surface area contributed by atoms with Crippen molar-refractivity contribution >= 4 is 11.9 Å².